The number of nitrogens with one attached hydrogen (secondary N) is 1. The number of para-hydroxylation sites is 2. The number of anilines is 1. The second-order valence-corrected chi connectivity index (χ2v) is 7.14. The van der Waals surface area contributed by atoms with Gasteiger partial charge in [0.2, 0.25) is 0 Å². The first-order chi connectivity index (χ1) is 14.8. The number of aromatic nitrogens is 1. The molecule has 3 rings (SSSR count). The average molecular weight is 459 g/mol. The zero-order valence-electron chi connectivity index (χ0n) is 16.8. The molecule has 1 aromatic heterocycles. The highest BCUT2D eigenvalue weighted by Crippen LogP contribution is 2.33. The van der Waals surface area contributed by atoms with Crippen molar-refractivity contribution in [1.82, 2.24) is 15.2 Å². The van der Waals surface area contributed by atoms with Gasteiger partial charge in [-0.3, -0.25) is 0 Å². The van der Waals surface area contributed by atoms with Crippen molar-refractivity contribution in [3.05, 3.63) is 47.1 Å². The second kappa shape index (κ2) is 9.95. The molecule has 1 N–H and O–H groups in total. The molecular weight excluding hydrogens is 437 g/mol. The van der Waals surface area contributed by atoms with Crippen LogP contribution in [0.2, 0.25) is 5.02 Å². The molecule has 2 aromatic rings. The highest BCUT2D eigenvalue weighted by Gasteiger charge is 2.32. The lowest BCUT2D eigenvalue weighted by atomic mass is 10.2. The van der Waals surface area contributed by atoms with Gasteiger partial charge in [-0.25, -0.2) is 9.78 Å². The highest BCUT2D eigenvalue weighted by molar-refractivity contribution is 6.33. The Morgan fingerprint density at radius 2 is 1.87 bits per heavy atom. The zero-order valence-corrected chi connectivity index (χ0v) is 17.5. The maximum atomic E-state index is 12.8. The van der Waals surface area contributed by atoms with Crippen LogP contribution < -0.4 is 19.7 Å². The Labute approximate surface area is 182 Å². The molecule has 168 valence electrons. The van der Waals surface area contributed by atoms with Crippen LogP contribution in [0.4, 0.5) is 23.8 Å². The van der Waals surface area contributed by atoms with E-state index < -0.39 is 11.7 Å². The fourth-order valence-electron chi connectivity index (χ4n) is 3.11. The van der Waals surface area contributed by atoms with Crippen LogP contribution in [0.3, 0.4) is 0 Å². The molecule has 0 atom stereocenters. The maximum absolute atomic E-state index is 12.8. The monoisotopic (exact) mass is 458 g/mol. The molecule has 0 unspecified atom stereocenters. The van der Waals surface area contributed by atoms with Crippen molar-refractivity contribution in [2.24, 2.45) is 0 Å². The first-order valence-electron chi connectivity index (χ1n) is 9.56. The third kappa shape index (κ3) is 5.84. The van der Waals surface area contributed by atoms with Gasteiger partial charge in [0.05, 0.1) is 24.2 Å². The largest absolute Gasteiger partial charge is 0.493 e. The standard InChI is InChI=1S/C20H22ClF3N4O3/c1-30-16-4-2-3-5-17(16)31-11-6-25-19(29)28-9-7-27(8-10-28)18-15(21)12-14(13-26-18)20(22,23)24/h2-5,12-13H,6-11H2,1H3,(H,25,29). The molecule has 11 heteroatoms. The number of urea groups is 1. The highest BCUT2D eigenvalue weighted by atomic mass is 35.5. The third-order valence-electron chi connectivity index (χ3n) is 4.72. The van der Waals surface area contributed by atoms with E-state index in [9.17, 15) is 18.0 Å². The molecule has 1 aliphatic rings. The Morgan fingerprint density at radius 3 is 2.48 bits per heavy atom. The molecule has 7 nitrogen and oxygen atoms in total. The molecule has 0 bridgehead atoms. The van der Waals surface area contributed by atoms with Gasteiger partial charge in [0, 0.05) is 32.4 Å². The number of rotatable bonds is 6. The molecule has 1 saturated heterocycles. The minimum Gasteiger partial charge on any atom is -0.493 e. The molecule has 2 amide bonds. The van der Waals surface area contributed by atoms with E-state index in [0.29, 0.717) is 44.2 Å². The van der Waals surface area contributed by atoms with E-state index in [1.807, 2.05) is 12.1 Å². The summed E-state index contributed by atoms with van der Waals surface area (Å²) in [5.74, 6) is 1.48. The quantitative estimate of drug-likeness (QED) is 0.669. The summed E-state index contributed by atoms with van der Waals surface area (Å²) < 4.78 is 49.1. The summed E-state index contributed by atoms with van der Waals surface area (Å²) in [5, 5.41) is 2.72. The lowest BCUT2D eigenvalue weighted by Crippen LogP contribution is -2.52. The van der Waals surface area contributed by atoms with Crippen molar-refractivity contribution in [2.45, 2.75) is 6.18 Å². The van der Waals surface area contributed by atoms with Gasteiger partial charge in [0.1, 0.15) is 12.4 Å². The number of piperazine rings is 1. The van der Waals surface area contributed by atoms with E-state index in [-0.39, 0.29) is 23.5 Å². The Kier molecular flexibility index (Phi) is 7.32. The number of halogens is 4. The summed E-state index contributed by atoms with van der Waals surface area (Å²) in [6.07, 6.45) is -3.73. The number of carbonyl (C=O) groups excluding carboxylic acids is 1. The van der Waals surface area contributed by atoms with Crippen LogP contribution in [-0.2, 0) is 6.18 Å². The minimum absolute atomic E-state index is 0.0683. The van der Waals surface area contributed by atoms with Crippen LogP contribution in [0.5, 0.6) is 11.5 Å². The van der Waals surface area contributed by atoms with Crippen LogP contribution in [-0.4, -0.2) is 62.4 Å². The summed E-state index contributed by atoms with van der Waals surface area (Å²) in [5.41, 5.74) is -0.894. The molecule has 1 aliphatic heterocycles. The van der Waals surface area contributed by atoms with E-state index in [1.165, 1.54) is 0 Å². The summed E-state index contributed by atoms with van der Waals surface area (Å²) in [6, 6.07) is 7.85. The van der Waals surface area contributed by atoms with Crippen molar-refractivity contribution in [2.75, 3.05) is 51.3 Å². The molecule has 1 fully saturated rings. The first-order valence-corrected chi connectivity index (χ1v) is 9.93. The number of alkyl halides is 3. The minimum atomic E-state index is -4.50. The summed E-state index contributed by atoms with van der Waals surface area (Å²) in [7, 11) is 1.55. The van der Waals surface area contributed by atoms with Crippen LogP contribution in [0.25, 0.3) is 0 Å². The molecular formula is C20H22ClF3N4O3. The van der Waals surface area contributed by atoms with E-state index in [2.05, 4.69) is 10.3 Å². The van der Waals surface area contributed by atoms with Gasteiger partial charge in [0.15, 0.2) is 11.5 Å². The maximum Gasteiger partial charge on any atom is 0.417 e. The van der Waals surface area contributed by atoms with Crippen molar-refractivity contribution in [3.63, 3.8) is 0 Å². The summed E-state index contributed by atoms with van der Waals surface area (Å²) >= 11 is 6.00. The second-order valence-electron chi connectivity index (χ2n) is 6.73. The number of benzene rings is 1. The van der Waals surface area contributed by atoms with Crippen LogP contribution in [0, 0.1) is 0 Å². The van der Waals surface area contributed by atoms with Crippen LogP contribution in [0.15, 0.2) is 36.5 Å². The van der Waals surface area contributed by atoms with Gasteiger partial charge < -0.3 is 24.6 Å². The van der Waals surface area contributed by atoms with E-state index in [0.717, 1.165) is 12.3 Å². The predicted octanol–water partition coefficient (Wildman–Crippen LogP) is 3.67. The number of pyridine rings is 1. The lowest BCUT2D eigenvalue weighted by molar-refractivity contribution is -0.137. The van der Waals surface area contributed by atoms with Gasteiger partial charge in [-0.2, -0.15) is 13.2 Å². The zero-order chi connectivity index (χ0) is 22.4. The van der Waals surface area contributed by atoms with Crippen molar-refractivity contribution < 1.29 is 27.4 Å². The van der Waals surface area contributed by atoms with Gasteiger partial charge in [0.25, 0.3) is 0 Å². The van der Waals surface area contributed by atoms with Crippen molar-refractivity contribution in [3.8, 4) is 11.5 Å². The number of carbonyl (C=O) groups is 1. The molecule has 1 aromatic carbocycles. The number of nitrogens with zero attached hydrogens (tertiary/aromatic N) is 3. The lowest BCUT2D eigenvalue weighted by Gasteiger charge is -2.35. The third-order valence-corrected chi connectivity index (χ3v) is 5.00. The van der Waals surface area contributed by atoms with Crippen molar-refractivity contribution >= 4 is 23.4 Å². The van der Waals surface area contributed by atoms with E-state index in [4.69, 9.17) is 21.1 Å². The summed E-state index contributed by atoms with van der Waals surface area (Å²) in [4.78, 5) is 19.6. The Balaban J connectivity index is 1.44. The fraction of sp³-hybridized carbons (Fsp3) is 0.400. The SMILES string of the molecule is COc1ccccc1OCCNC(=O)N1CCN(c2ncc(C(F)(F)F)cc2Cl)CC1. The Hall–Kier alpha value is -2.88. The number of hydrogen-bond donors (Lipinski definition) is 1. The average Bonchev–Trinajstić information content (AvgIpc) is 2.76. The smallest absolute Gasteiger partial charge is 0.417 e. The molecule has 31 heavy (non-hydrogen) atoms. The number of ether oxygens (including phenoxy) is 2. The first kappa shape index (κ1) is 22.8. The fourth-order valence-corrected chi connectivity index (χ4v) is 3.39. The van der Waals surface area contributed by atoms with Crippen LogP contribution in [0.1, 0.15) is 5.56 Å². The number of amides is 2. The topological polar surface area (TPSA) is 66.9 Å². The van der Waals surface area contributed by atoms with Gasteiger partial charge in [-0.1, -0.05) is 23.7 Å². The normalized spacial score (nSPS) is 14.4. The van der Waals surface area contributed by atoms with Gasteiger partial charge >= 0.3 is 12.2 Å². The summed E-state index contributed by atoms with van der Waals surface area (Å²) in [6.45, 7) is 2.17. The molecule has 0 spiro atoms. The number of hydrogen-bond acceptors (Lipinski definition) is 5. The molecule has 0 radical (unpaired) electrons. The van der Waals surface area contributed by atoms with Crippen molar-refractivity contribution in [1.29, 1.82) is 0 Å². The van der Waals surface area contributed by atoms with E-state index >= 15 is 0 Å². The predicted molar refractivity (Wildman–Crippen MR) is 110 cm³/mol. The Bertz CT molecular complexity index is 905. The molecule has 2 heterocycles. The number of methoxy groups -OCH3 is 1. The Morgan fingerprint density at radius 1 is 1.19 bits per heavy atom. The van der Waals surface area contributed by atoms with Gasteiger partial charge in [-0.15, -0.1) is 0 Å². The van der Waals surface area contributed by atoms with Gasteiger partial charge in [-0.05, 0) is 18.2 Å². The molecule has 0 saturated carbocycles. The van der Waals surface area contributed by atoms with Crippen LogP contribution >= 0.6 is 11.6 Å². The van der Waals surface area contributed by atoms with E-state index in [1.54, 1.807) is 29.0 Å². The molecule has 0 aliphatic carbocycles.